The van der Waals surface area contributed by atoms with Crippen LogP contribution in [0.4, 0.5) is 10.2 Å². The molecule has 1 saturated heterocycles. The molecule has 1 aromatic heterocycles. The number of hydrogen-bond acceptors (Lipinski definition) is 3. The Morgan fingerprint density at radius 3 is 2.83 bits per heavy atom. The molecule has 1 aliphatic carbocycles. The zero-order chi connectivity index (χ0) is 16.9. The summed E-state index contributed by atoms with van der Waals surface area (Å²) in [6.07, 6.45) is 2.02. The van der Waals surface area contributed by atoms with Gasteiger partial charge in [-0.1, -0.05) is 6.07 Å². The molecule has 1 aliphatic heterocycles. The fourth-order valence-corrected chi connectivity index (χ4v) is 4.18. The highest BCUT2D eigenvalue weighted by molar-refractivity contribution is 9.10. The number of rotatable bonds is 2. The first kappa shape index (κ1) is 15.6. The molecule has 6 heteroatoms. The first-order valence-electron chi connectivity index (χ1n) is 7.82. The number of pyridine rings is 1. The molecule has 24 heavy (non-hydrogen) atoms. The van der Waals surface area contributed by atoms with Gasteiger partial charge < -0.3 is 4.74 Å². The van der Waals surface area contributed by atoms with Crippen molar-refractivity contribution in [2.45, 2.75) is 19.3 Å². The van der Waals surface area contributed by atoms with E-state index in [1.807, 2.05) is 12.1 Å². The maximum absolute atomic E-state index is 13.5. The van der Waals surface area contributed by atoms with E-state index in [9.17, 15) is 9.18 Å². The van der Waals surface area contributed by atoms with Crippen molar-refractivity contribution in [3.63, 3.8) is 0 Å². The van der Waals surface area contributed by atoms with Crippen molar-refractivity contribution < 1.29 is 13.9 Å². The lowest BCUT2D eigenvalue weighted by atomic mass is 9.83. The van der Waals surface area contributed by atoms with Gasteiger partial charge in [0.05, 0.1) is 17.0 Å². The van der Waals surface area contributed by atoms with Crippen LogP contribution in [0.2, 0.25) is 0 Å². The van der Waals surface area contributed by atoms with Gasteiger partial charge in [-0.15, -0.1) is 0 Å². The van der Waals surface area contributed by atoms with E-state index in [4.69, 9.17) is 4.74 Å². The van der Waals surface area contributed by atoms with Crippen molar-refractivity contribution in [3.8, 4) is 5.88 Å². The summed E-state index contributed by atoms with van der Waals surface area (Å²) < 4.78 is 19.4. The summed E-state index contributed by atoms with van der Waals surface area (Å²) in [6.45, 7) is 0.618. The number of nitrogens with zero attached hydrogens (tertiary/aromatic N) is 2. The summed E-state index contributed by atoms with van der Waals surface area (Å²) in [5.74, 6) is 0.875. The minimum absolute atomic E-state index is 0.0657. The van der Waals surface area contributed by atoms with Crippen LogP contribution < -0.4 is 9.64 Å². The van der Waals surface area contributed by atoms with Gasteiger partial charge in [-0.25, -0.2) is 4.39 Å². The van der Waals surface area contributed by atoms with E-state index in [1.54, 1.807) is 24.1 Å². The molecule has 0 radical (unpaired) electrons. The van der Waals surface area contributed by atoms with Gasteiger partial charge in [0.25, 0.3) is 0 Å². The van der Waals surface area contributed by atoms with Crippen LogP contribution in [0.15, 0.2) is 34.8 Å². The normalized spacial score (nSPS) is 22.3. The third-order valence-corrected chi connectivity index (χ3v) is 5.61. The SMILES string of the molecule is COc1nc(N2CCC3(Cc4ccc(F)cc4C3)C2=O)ccc1Br. The zero-order valence-electron chi connectivity index (χ0n) is 13.2. The van der Waals surface area contributed by atoms with Gasteiger partial charge in [0.1, 0.15) is 11.6 Å². The average Bonchev–Trinajstić information content (AvgIpc) is 3.09. The van der Waals surface area contributed by atoms with E-state index < -0.39 is 5.41 Å². The van der Waals surface area contributed by atoms with Crippen LogP contribution in [0.25, 0.3) is 0 Å². The first-order valence-corrected chi connectivity index (χ1v) is 8.61. The van der Waals surface area contributed by atoms with E-state index in [-0.39, 0.29) is 11.7 Å². The number of aromatic nitrogens is 1. The van der Waals surface area contributed by atoms with Gasteiger partial charge in [-0.3, -0.25) is 9.69 Å². The van der Waals surface area contributed by atoms with Crippen molar-refractivity contribution in [1.82, 2.24) is 4.98 Å². The molecule has 1 spiro atoms. The van der Waals surface area contributed by atoms with Crippen LogP contribution in [-0.4, -0.2) is 24.5 Å². The fourth-order valence-electron chi connectivity index (χ4n) is 3.80. The molecule has 4 nitrogen and oxygen atoms in total. The molecule has 2 aliphatic rings. The Balaban J connectivity index is 1.64. The second-order valence-corrected chi connectivity index (χ2v) is 7.27. The lowest BCUT2D eigenvalue weighted by molar-refractivity contribution is -0.125. The van der Waals surface area contributed by atoms with E-state index in [0.717, 1.165) is 22.0 Å². The molecular weight excluding hydrogens is 375 g/mol. The monoisotopic (exact) mass is 390 g/mol. The molecule has 1 unspecified atom stereocenters. The summed E-state index contributed by atoms with van der Waals surface area (Å²) in [5, 5.41) is 0. The summed E-state index contributed by atoms with van der Waals surface area (Å²) in [4.78, 5) is 19.2. The number of fused-ring (bicyclic) bond motifs is 1. The molecule has 2 heterocycles. The summed E-state index contributed by atoms with van der Waals surface area (Å²) in [7, 11) is 1.55. The van der Waals surface area contributed by atoms with Gasteiger partial charge in [0.2, 0.25) is 11.8 Å². The molecule has 0 bridgehead atoms. The van der Waals surface area contributed by atoms with Crippen LogP contribution in [0, 0.1) is 11.2 Å². The quantitative estimate of drug-likeness (QED) is 0.787. The number of halogens is 2. The Labute approximate surface area is 147 Å². The van der Waals surface area contributed by atoms with Gasteiger partial charge in [0, 0.05) is 6.54 Å². The molecule has 1 aromatic carbocycles. The van der Waals surface area contributed by atoms with Crippen LogP contribution in [0.1, 0.15) is 17.5 Å². The highest BCUT2D eigenvalue weighted by atomic mass is 79.9. The summed E-state index contributed by atoms with van der Waals surface area (Å²) in [5.41, 5.74) is 1.57. The molecule has 0 saturated carbocycles. The number of amides is 1. The predicted octanol–water partition coefficient (Wildman–Crippen LogP) is 3.51. The maximum atomic E-state index is 13.5. The zero-order valence-corrected chi connectivity index (χ0v) is 14.8. The molecule has 1 fully saturated rings. The van der Waals surface area contributed by atoms with Crippen molar-refractivity contribution in [2.24, 2.45) is 5.41 Å². The minimum Gasteiger partial charge on any atom is -0.480 e. The van der Waals surface area contributed by atoms with Crippen LogP contribution in [0.5, 0.6) is 5.88 Å². The lowest BCUT2D eigenvalue weighted by Gasteiger charge is -2.22. The van der Waals surface area contributed by atoms with Crippen molar-refractivity contribution in [1.29, 1.82) is 0 Å². The van der Waals surface area contributed by atoms with E-state index in [0.29, 0.717) is 31.1 Å². The topological polar surface area (TPSA) is 42.4 Å². The molecule has 2 aromatic rings. The third-order valence-electron chi connectivity index (χ3n) is 5.01. The van der Waals surface area contributed by atoms with Gasteiger partial charge in [-0.05, 0) is 70.6 Å². The maximum Gasteiger partial charge on any atom is 0.235 e. The van der Waals surface area contributed by atoms with Gasteiger partial charge >= 0.3 is 0 Å². The molecule has 1 amide bonds. The van der Waals surface area contributed by atoms with Crippen LogP contribution in [0.3, 0.4) is 0 Å². The number of ether oxygens (including phenoxy) is 1. The second kappa shape index (κ2) is 5.55. The van der Waals surface area contributed by atoms with Gasteiger partial charge in [0.15, 0.2) is 0 Å². The Morgan fingerprint density at radius 2 is 2.04 bits per heavy atom. The first-order chi connectivity index (χ1) is 11.5. The Kier molecular flexibility index (Phi) is 3.60. The molecular formula is C18H16BrFN2O2. The van der Waals surface area contributed by atoms with Gasteiger partial charge in [-0.2, -0.15) is 4.98 Å². The number of methoxy groups -OCH3 is 1. The molecule has 4 rings (SSSR count). The molecule has 0 N–H and O–H groups in total. The standard InChI is InChI=1S/C18H16BrFN2O2/c1-24-16-14(19)4-5-15(21-16)22-7-6-18(17(22)23)9-11-2-3-13(20)8-12(11)10-18/h2-5,8H,6-7,9-10H2,1H3. The van der Waals surface area contributed by atoms with E-state index >= 15 is 0 Å². The highest BCUT2D eigenvalue weighted by Crippen LogP contribution is 2.46. The number of benzene rings is 1. The number of anilines is 1. The Hall–Kier alpha value is -1.95. The number of hydrogen-bond donors (Lipinski definition) is 0. The third kappa shape index (κ3) is 2.32. The minimum atomic E-state index is -0.460. The fraction of sp³-hybridized carbons (Fsp3) is 0.333. The number of carbonyl (C=O) groups is 1. The van der Waals surface area contributed by atoms with Crippen LogP contribution >= 0.6 is 15.9 Å². The summed E-state index contributed by atoms with van der Waals surface area (Å²) in [6, 6.07) is 8.47. The van der Waals surface area contributed by atoms with Crippen molar-refractivity contribution >= 4 is 27.7 Å². The lowest BCUT2D eigenvalue weighted by Crippen LogP contribution is -2.35. The number of carbonyl (C=O) groups excluding carboxylic acids is 1. The summed E-state index contributed by atoms with van der Waals surface area (Å²) >= 11 is 3.37. The average molecular weight is 391 g/mol. The largest absolute Gasteiger partial charge is 0.480 e. The highest BCUT2D eigenvalue weighted by Gasteiger charge is 2.50. The molecule has 124 valence electrons. The van der Waals surface area contributed by atoms with E-state index in [2.05, 4.69) is 20.9 Å². The van der Waals surface area contributed by atoms with Crippen molar-refractivity contribution in [3.05, 3.63) is 51.7 Å². The molecule has 1 atom stereocenters. The van der Waals surface area contributed by atoms with Crippen molar-refractivity contribution in [2.75, 3.05) is 18.6 Å². The Bertz CT molecular complexity index is 842. The smallest absolute Gasteiger partial charge is 0.235 e. The second-order valence-electron chi connectivity index (χ2n) is 6.41. The predicted molar refractivity (Wildman–Crippen MR) is 91.7 cm³/mol. The van der Waals surface area contributed by atoms with E-state index in [1.165, 1.54) is 6.07 Å². The Morgan fingerprint density at radius 1 is 1.25 bits per heavy atom. The van der Waals surface area contributed by atoms with Crippen LogP contribution in [-0.2, 0) is 17.6 Å².